The number of halogens is 4. The highest BCUT2D eigenvalue weighted by Gasteiger charge is 2.34. The van der Waals surface area contributed by atoms with E-state index in [4.69, 9.17) is 11.6 Å². The monoisotopic (exact) mass is 277 g/mol. The maximum absolute atomic E-state index is 12.9. The molecule has 5 heteroatoms. The van der Waals surface area contributed by atoms with E-state index in [9.17, 15) is 13.2 Å². The van der Waals surface area contributed by atoms with Crippen LogP contribution in [0.4, 0.5) is 13.2 Å². The molecule has 1 aliphatic heterocycles. The van der Waals surface area contributed by atoms with Crippen LogP contribution in [-0.4, -0.2) is 18.0 Å². The first-order valence-corrected chi connectivity index (χ1v) is 6.32. The molecule has 1 aromatic carbocycles. The van der Waals surface area contributed by atoms with Gasteiger partial charge in [0.05, 0.1) is 5.56 Å². The molecule has 0 aliphatic carbocycles. The van der Waals surface area contributed by atoms with E-state index >= 15 is 0 Å². The van der Waals surface area contributed by atoms with Crippen molar-refractivity contribution < 1.29 is 13.2 Å². The predicted octanol–water partition coefficient (Wildman–Crippen LogP) is 4.20. The largest absolute Gasteiger partial charge is 0.416 e. The first kappa shape index (κ1) is 13.7. The zero-order chi connectivity index (χ0) is 13.3. The summed E-state index contributed by atoms with van der Waals surface area (Å²) in [5.41, 5.74) is -0.310. The SMILES string of the molecule is CC1CCN(Cc2cc(Cl)ccc2C(F)(F)F)C1. The molecule has 1 aromatic rings. The van der Waals surface area contributed by atoms with Crippen molar-refractivity contribution in [3.8, 4) is 0 Å². The summed E-state index contributed by atoms with van der Waals surface area (Å²) in [4.78, 5) is 2.05. The summed E-state index contributed by atoms with van der Waals surface area (Å²) in [5, 5.41) is 0.352. The van der Waals surface area contributed by atoms with Crippen LogP contribution in [0.5, 0.6) is 0 Å². The Bertz CT molecular complexity index is 431. The predicted molar refractivity (Wildman–Crippen MR) is 65.5 cm³/mol. The zero-order valence-electron chi connectivity index (χ0n) is 10.1. The lowest BCUT2D eigenvalue weighted by Crippen LogP contribution is -2.22. The smallest absolute Gasteiger partial charge is 0.299 e. The van der Waals surface area contributed by atoms with Crippen molar-refractivity contribution in [3.05, 3.63) is 34.3 Å². The van der Waals surface area contributed by atoms with Gasteiger partial charge < -0.3 is 0 Å². The van der Waals surface area contributed by atoms with E-state index in [2.05, 4.69) is 6.92 Å². The Hall–Kier alpha value is -0.740. The fourth-order valence-corrected chi connectivity index (χ4v) is 2.58. The zero-order valence-corrected chi connectivity index (χ0v) is 10.9. The normalized spacial score (nSPS) is 21.5. The third-order valence-electron chi connectivity index (χ3n) is 3.27. The van der Waals surface area contributed by atoms with Gasteiger partial charge >= 0.3 is 6.18 Å². The molecule has 1 saturated heterocycles. The maximum Gasteiger partial charge on any atom is 0.416 e. The summed E-state index contributed by atoms with van der Waals surface area (Å²) in [6, 6.07) is 3.78. The molecule has 0 aromatic heterocycles. The fraction of sp³-hybridized carbons (Fsp3) is 0.538. The highest BCUT2D eigenvalue weighted by atomic mass is 35.5. The van der Waals surface area contributed by atoms with Gasteiger partial charge in [0.1, 0.15) is 0 Å². The van der Waals surface area contributed by atoms with Gasteiger partial charge in [0.15, 0.2) is 0 Å². The standard InChI is InChI=1S/C13H15ClF3N/c1-9-4-5-18(7-9)8-10-6-11(14)2-3-12(10)13(15,16)17/h2-3,6,9H,4-5,7-8H2,1H3. The number of alkyl halides is 3. The van der Waals surface area contributed by atoms with Crippen molar-refractivity contribution in [3.63, 3.8) is 0 Å². The second-order valence-corrected chi connectivity index (χ2v) is 5.36. The van der Waals surface area contributed by atoms with Crippen molar-refractivity contribution in [2.24, 2.45) is 5.92 Å². The number of hydrogen-bond donors (Lipinski definition) is 0. The van der Waals surface area contributed by atoms with E-state index in [0.29, 0.717) is 17.5 Å². The summed E-state index contributed by atoms with van der Waals surface area (Å²) in [5.74, 6) is 0.554. The van der Waals surface area contributed by atoms with Crippen LogP contribution in [0.2, 0.25) is 5.02 Å². The first-order chi connectivity index (χ1) is 8.36. The number of benzene rings is 1. The second-order valence-electron chi connectivity index (χ2n) is 4.93. The molecule has 0 amide bonds. The quantitative estimate of drug-likeness (QED) is 0.783. The third kappa shape index (κ3) is 3.18. The molecule has 18 heavy (non-hydrogen) atoms. The van der Waals surface area contributed by atoms with Gasteiger partial charge in [-0.15, -0.1) is 0 Å². The van der Waals surface area contributed by atoms with Crippen LogP contribution >= 0.6 is 11.6 Å². The Labute approximate surface area is 110 Å². The van der Waals surface area contributed by atoms with Crippen molar-refractivity contribution in [1.82, 2.24) is 4.90 Å². The molecule has 0 saturated carbocycles. The Morgan fingerprint density at radius 2 is 2.11 bits per heavy atom. The molecular weight excluding hydrogens is 263 g/mol. The van der Waals surface area contributed by atoms with Gasteiger partial charge in [0.25, 0.3) is 0 Å². The van der Waals surface area contributed by atoms with Gasteiger partial charge in [-0.1, -0.05) is 18.5 Å². The molecule has 2 rings (SSSR count). The van der Waals surface area contributed by atoms with Crippen LogP contribution in [-0.2, 0) is 12.7 Å². The molecule has 100 valence electrons. The highest BCUT2D eigenvalue weighted by Crippen LogP contribution is 2.34. The Morgan fingerprint density at radius 3 is 2.67 bits per heavy atom. The van der Waals surface area contributed by atoms with Crippen molar-refractivity contribution >= 4 is 11.6 Å². The minimum Gasteiger partial charge on any atom is -0.299 e. The molecular formula is C13H15ClF3N. The second kappa shape index (κ2) is 5.10. The lowest BCUT2D eigenvalue weighted by Gasteiger charge is -2.19. The molecule has 1 nitrogen and oxygen atoms in total. The minimum absolute atomic E-state index is 0.268. The van der Waals surface area contributed by atoms with E-state index in [1.54, 1.807) is 0 Å². The Kier molecular flexibility index (Phi) is 3.87. The molecule has 0 radical (unpaired) electrons. The average Bonchev–Trinajstić information content (AvgIpc) is 2.62. The van der Waals surface area contributed by atoms with Crippen LogP contribution in [0, 0.1) is 5.92 Å². The van der Waals surface area contributed by atoms with Crippen molar-refractivity contribution in [2.75, 3.05) is 13.1 Å². The van der Waals surface area contributed by atoms with Crippen LogP contribution < -0.4 is 0 Å². The topological polar surface area (TPSA) is 3.24 Å². The Balaban J connectivity index is 2.23. The van der Waals surface area contributed by atoms with Gasteiger partial charge in [-0.05, 0) is 42.6 Å². The molecule has 0 bridgehead atoms. The van der Waals surface area contributed by atoms with E-state index in [0.717, 1.165) is 25.6 Å². The third-order valence-corrected chi connectivity index (χ3v) is 3.51. The van der Waals surface area contributed by atoms with Crippen molar-refractivity contribution in [2.45, 2.75) is 26.1 Å². The molecule has 1 fully saturated rings. The van der Waals surface area contributed by atoms with Crippen LogP contribution in [0.25, 0.3) is 0 Å². The molecule has 0 N–H and O–H groups in total. The van der Waals surface area contributed by atoms with E-state index in [1.165, 1.54) is 12.1 Å². The lowest BCUT2D eigenvalue weighted by atomic mass is 10.1. The van der Waals surface area contributed by atoms with Crippen LogP contribution in [0.1, 0.15) is 24.5 Å². The summed E-state index contributed by atoms with van der Waals surface area (Å²) >= 11 is 5.80. The average molecular weight is 278 g/mol. The summed E-state index contributed by atoms with van der Waals surface area (Å²) in [6.07, 6.45) is -3.27. The summed E-state index contributed by atoms with van der Waals surface area (Å²) in [6.45, 7) is 4.14. The number of hydrogen-bond acceptors (Lipinski definition) is 1. The van der Waals surface area contributed by atoms with Crippen LogP contribution in [0.15, 0.2) is 18.2 Å². The van der Waals surface area contributed by atoms with E-state index in [-0.39, 0.29) is 5.56 Å². The number of likely N-dealkylation sites (tertiary alicyclic amines) is 1. The van der Waals surface area contributed by atoms with Gasteiger partial charge in [-0.2, -0.15) is 13.2 Å². The van der Waals surface area contributed by atoms with Gasteiger partial charge in [-0.25, -0.2) is 0 Å². The van der Waals surface area contributed by atoms with E-state index < -0.39 is 11.7 Å². The first-order valence-electron chi connectivity index (χ1n) is 5.94. The summed E-state index contributed by atoms with van der Waals surface area (Å²) < 4.78 is 38.6. The number of rotatable bonds is 2. The molecule has 1 unspecified atom stereocenters. The number of nitrogens with zero attached hydrogens (tertiary/aromatic N) is 1. The molecule has 1 heterocycles. The minimum atomic E-state index is -4.31. The molecule has 0 spiro atoms. The highest BCUT2D eigenvalue weighted by molar-refractivity contribution is 6.30. The molecule has 1 atom stereocenters. The Morgan fingerprint density at radius 1 is 1.39 bits per heavy atom. The van der Waals surface area contributed by atoms with Crippen molar-refractivity contribution in [1.29, 1.82) is 0 Å². The van der Waals surface area contributed by atoms with Gasteiger partial charge in [0, 0.05) is 18.1 Å². The summed E-state index contributed by atoms with van der Waals surface area (Å²) in [7, 11) is 0. The molecule has 1 aliphatic rings. The van der Waals surface area contributed by atoms with E-state index in [1.807, 2.05) is 4.90 Å². The van der Waals surface area contributed by atoms with Gasteiger partial charge in [-0.3, -0.25) is 4.90 Å². The van der Waals surface area contributed by atoms with Gasteiger partial charge in [0.2, 0.25) is 0 Å². The lowest BCUT2D eigenvalue weighted by molar-refractivity contribution is -0.138. The van der Waals surface area contributed by atoms with Crippen LogP contribution in [0.3, 0.4) is 0 Å². The fourth-order valence-electron chi connectivity index (χ4n) is 2.38. The maximum atomic E-state index is 12.9.